The first-order valence-electron chi connectivity index (χ1n) is 2.21. The highest BCUT2D eigenvalue weighted by Gasteiger charge is 1.86. The number of hydrogen-bond donors (Lipinski definition) is 1. The van der Waals surface area contributed by atoms with Crippen LogP contribution in [0.2, 0.25) is 0 Å². The number of rotatable bonds is 1. The third-order valence-electron chi connectivity index (χ3n) is 0.469. The molecule has 0 saturated heterocycles. The summed E-state index contributed by atoms with van der Waals surface area (Å²) in [5.74, 6) is 5.26. The van der Waals surface area contributed by atoms with Gasteiger partial charge >= 0.3 is 0 Å². The highest BCUT2D eigenvalue weighted by Crippen LogP contribution is 1.81. The Balaban J connectivity index is 3.08. The molecule has 0 rings (SSSR count). The van der Waals surface area contributed by atoms with E-state index in [0.717, 1.165) is 0 Å². The molecule has 0 aromatic carbocycles. The Morgan fingerprint density at radius 1 is 1.71 bits per heavy atom. The summed E-state index contributed by atoms with van der Waals surface area (Å²) in [6, 6.07) is 0. The molecule has 1 unspecified atom stereocenters. The van der Waals surface area contributed by atoms with E-state index < -0.39 is 6.10 Å². The van der Waals surface area contributed by atoms with Gasteiger partial charge in [-0.1, -0.05) is 5.92 Å². The highest BCUT2D eigenvalue weighted by atomic mass is 16.3. The quantitative estimate of drug-likeness (QED) is 0.475. The van der Waals surface area contributed by atoms with E-state index in [2.05, 4.69) is 11.8 Å². The lowest BCUT2D eigenvalue weighted by Gasteiger charge is -1.90. The fraction of sp³-hybridized carbons (Fsp3) is 0.500. The molecule has 39 valence electrons. The van der Waals surface area contributed by atoms with Crippen molar-refractivity contribution in [1.82, 2.24) is 0 Å². The Bertz CT molecular complexity index is 84.1. The maximum atomic E-state index is 8.53. The molecule has 0 fully saturated rings. The van der Waals surface area contributed by atoms with Crippen LogP contribution in [-0.4, -0.2) is 11.2 Å². The maximum absolute atomic E-state index is 8.53. The SMILES string of the molecule is CC#C[CH]C(C)O. The van der Waals surface area contributed by atoms with E-state index in [1.54, 1.807) is 20.3 Å². The fourth-order valence-electron chi connectivity index (χ4n) is 0.204. The van der Waals surface area contributed by atoms with Gasteiger partial charge in [0.1, 0.15) is 0 Å². The number of aliphatic hydroxyl groups excluding tert-OH is 1. The lowest BCUT2D eigenvalue weighted by atomic mass is 10.3. The second-order valence-electron chi connectivity index (χ2n) is 1.30. The summed E-state index contributed by atoms with van der Waals surface area (Å²) in [5, 5.41) is 8.53. The molecule has 1 heteroatoms. The van der Waals surface area contributed by atoms with Gasteiger partial charge in [-0.05, 0) is 13.8 Å². The van der Waals surface area contributed by atoms with Gasteiger partial charge in [-0.15, -0.1) is 5.92 Å². The maximum Gasteiger partial charge on any atom is 0.0662 e. The standard InChI is InChI=1S/C6H9O/c1-3-4-5-6(2)7/h5-7H,1-2H3. The molecular formula is C6H9O. The van der Waals surface area contributed by atoms with E-state index in [1.165, 1.54) is 0 Å². The van der Waals surface area contributed by atoms with Crippen molar-refractivity contribution in [1.29, 1.82) is 0 Å². The Morgan fingerprint density at radius 3 is 2.43 bits per heavy atom. The van der Waals surface area contributed by atoms with Crippen molar-refractivity contribution in [2.24, 2.45) is 0 Å². The van der Waals surface area contributed by atoms with Crippen LogP contribution < -0.4 is 0 Å². The lowest BCUT2D eigenvalue weighted by molar-refractivity contribution is 0.233. The minimum Gasteiger partial charge on any atom is -0.392 e. The first-order valence-corrected chi connectivity index (χ1v) is 2.21. The summed E-state index contributed by atoms with van der Waals surface area (Å²) < 4.78 is 0. The van der Waals surface area contributed by atoms with Crippen molar-refractivity contribution < 1.29 is 5.11 Å². The molecular weight excluding hydrogens is 88.1 g/mol. The van der Waals surface area contributed by atoms with Gasteiger partial charge in [-0.25, -0.2) is 0 Å². The van der Waals surface area contributed by atoms with Crippen LogP contribution in [0, 0.1) is 18.3 Å². The van der Waals surface area contributed by atoms with E-state index in [4.69, 9.17) is 5.11 Å². The largest absolute Gasteiger partial charge is 0.392 e. The summed E-state index contributed by atoms with van der Waals surface area (Å²) in [6.07, 6.45) is 1.15. The van der Waals surface area contributed by atoms with Crippen molar-refractivity contribution in [3.05, 3.63) is 6.42 Å². The van der Waals surface area contributed by atoms with Gasteiger partial charge in [0.25, 0.3) is 0 Å². The zero-order valence-electron chi connectivity index (χ0n) is 4.60. The van der Waals surface area contributed by atoms with E-state index in [0.29, 0.717) is 0 Å². The van der Waals surface area contributed by atoms with Crippen LogP contribution in [0.4, 0.5) is 0 Å². The topological polar surface area (TPSA) is 20.2 Å². The van der Waals surface area contributed by atoms with Crippen LogP contribution in [0.5, 0.6) is 0 Å². The van der Waals surface area contributed by atoms with Crippen LogP contribution in [0.3, 0.4) is 0 Å². The predicted octanol–water partition coefficient (Wildman–Crippen LogP) is 0.595. The molecule has 0 amide bonds. The molecule has 0 saturated carbocycles. The van der Waals surface area contributed by atoms with Crippen molar-refractivity contribution in [2.45, 2.75) is 20.0 Å². The highest BCUT2D eigenvalue weighted by molar-refractivity contribution is 5.09. The number of aliphatic hydroxyl groups is 1. The van der Waals surface area contributed by atoms with Crippen LogP contribution >= 0.6 is 0 Å². The van der Waals surface area contributed by atoms with Crippen molar-refractivity contribution in [2.75, 3.05) is 0 Å². The third-order valence-corrected chi connectivity index (χ3v) is 0.469. The second-order valence-corrected chi connectivity index (χ2v) is 1.30. The molecule has 0 heterocycles. The molecule has 1 radical (unpaired) electrons. The van der Waals surface area contributed by atoms with Gasteiger partial charge in [-0.3, -0.25) is 0 Å². The van der Waals surface area contributed by atoms with E-state index in [-0.39, 0.29) is 0 Å². The average Bonchev–Trinajstić information content (AvgIpc) is 1.61. The molecule has 1 N–H and O–H groups in total. The van der Waals surface area contributed by atoms with Gasteiger partial charge in [0.05, 0.1) is 12.5 Å². The van der Waals surface area contributed by atoms with Crippen molar-refractivity contribution in [3.63, 3.8) is 0 Å². The molecule has 1 atom stereocenters. The molecule has 0 aromatic heterocycles. The van der Waals surface area contributed by atoms with Crippen LogP contribution in [0.25, 0.3) is 0 Å². The van der Waals surface area contributed by atoms with E-state index in [1.807, 2.05) is 0 Å². The zero-order valence-corrected chi connectivity index (χ0v) is 4.60. The second kappa shape index (κ2) is 3.70. The molecule has 7 heavy (non-hydrogen) atoms. The lowest BCUT2D eigenvalue weighted by Crippen LogP contribution is -1.96. The Morgan fingerprint density at radius 2 is 2.29 bits per heavy atom. The van der Waals surface area contributed by atoms with Crippen LogP contribution in [-0.2, 0) is 0 Å². The molecule has 0 aromatic rings. The summed E-state index contributed by atoms with van der Waals surface area (Å²) in [6.45, 7) is 3.41. The van der Waals surface area contributed by atoms with Gasteiger partial charge in [0, 0.05) is 0 Å². The Hall–Kier alpha value is -0.480. The molecule has 0 aliphatic rings. The molecule has 1 nitrogen and oxygen atoms in total. The van der Waals surface area contributed by atoms with E-state index >= 15 is 0 Å². The smallest absolute Gasteiger partial charge is 0.0662 e. The van der Waals surface area contributed by atoms with Crippen LogP contribution in [0.15, 0.2) is 0 Å². The summed E-state index contributed by atoms with van der Waals surface area (Å²) >= 11 is 0. The fourth-order valence-corrected chi connectivity index (χ4v) is 0.204. The zero-order chi connectivity index (χ0) is 5.70. The minimum absolute atomic E-state index is 0.396. The predicted molar refractivity (Wildman–Crippen MR) is 29.4 cm³/mol. The van der Waals surface area contributed by atoms with Gasteiger partial charge in [0.15, 0.2) is 0 Å². The average molecular weight is 97.1 g/mol. The number of hydrogen-bond acceptors (Lipinski definition) is 1. The Kier molecular flexibility index (Phi) is 3.45. The summed E-state index contributed by atoms with van der Waals surface area (Å²) in [5.41, 5.74) is 0. The first-order chi connectivity index (χ1) is 3.27. The first kappa shape index (κ1) is 6.52. The molecule has 0 aliphatic heterocycles. The minimum atomic E-state index is -0.396. The summed E-state index contributed by atoms with van der Waals surface area (Å²) in [7, 11) is 0. The van der Waals surface area contributed by atoms with Gasteiger partial charge < -0.3 is 5.11 Å². The van der Waals surface area contributed by atoms with Crippen molar-refractivity contribution >= 4 is 0 Å². The van der Waals surface area contributed by atoms with Crippen molar-refractivity contribution in [3.8, 4) is 11.8 Å². The van der Waals surface area contributed by atoms with Crippen LogP contribution in [0.1, 0.15) is 13.8 Å². The molecule has 0 spiro atoms. The summed E-state index contributed by atoms with van der Waals surface area (Å²) in [4.78, 5) is 0. The third kappa shape index (κ3) is 5.52. The van der Waals surface area contributed by atoms with Gasteiger partial charge in [0.2, 0.25) is 0 Å². The molecule has 0 bridgehead atoms. The Labute approximate surface area is 44.4 Å². The monoisotopic (exact) mass is 97.1 g/mol. The van der Waals surface area contributed by atoms with Gasteiger partial charge in [-0.2, -0.15) is 0 Å². The van der Waals surface area contributed by atoms with E-state index in [9.17, 15) is 0 Å². The molecule has 0 aliphatic carbocycles. The normalized spacial score (nSPS) is 11.9.